The zero-order valence-corrected chi connectivity index (χ0v) is 12.1. The summed E-state index contributed by atoms with van der Waals surface area (Å²) in [5.74, 6) is 0. The molecule has 104 valence electrons. The molecule has 0 amide bonds. The van der Waals surface area contributed by atoms with Gasteiger partial charge in [-0.2, -0.15) is 0 Å². The van der Waals surface area contributed by atoms with E-state index in [0.29, 0.717) is 0 Å². The minimum Gasteiger partial charge on any atom is -0.310 e. The molecule has 1 atom stereocenters. The molecule has 2 fully saturated rings. The van der Waals surface area contributed by atoms with Crippen molar-refractivity contribution >= 4 is 0 Å². The van der Waals surface area contributed by atoms with Crippen LogP contribution in [0.3, 0.4) is 0 Å². The standard InChI is InChI=1S/C15H29N3/c1-4-18(5-2)15-8-9-17(12-15)11-13(3)10-16-14-6-7-14/h14-16H,3-12H2,1-2H3. The van der Waals surface area contributed by atoms with E-state index in [2.05, 4.69) is 35.5 Å². The first-order chi connectivity index (χ1) is 8.72. The molecule has 18 heavy (non-hydrogen) atoms. The van der Waals surface area contributed by atoms with E-state index in [0.717, 1.165) is 25.2 Å². The van der Waals surface area contributed by atoms with Gasteiger partial charge in [0.25, 0.3) is 0 Å². The lowest BCUT2D eigenvalue weighted by Crippen LogP contribution is -2.37. The van der Waals surface area contributed by atoms with Crippen LogP contribution in [0.1, 0.15) is 33.1 Å². The van der Waals surface area contributed by atoms with E-state index in [9.17, 15) is 0 Å². The monoisotopic (exact) mass is 251 g/mol. The minimum atomic E-state index is 0.768. The smallest absolute Gasteiger partial charge is 0.0235 e. The van der Waals surface area contributed by atoms with E-state index < -0.39 is 0 Å². The number of rotatable bonds is 8. The molecule has 1 aliphatic carbocycles. The summed E-state index contributed by atoms with van der Waals surface area (Å²) in [6.45, 7) is 15.7. The highest BCUT2D eigenvalue weighted by atomic mass is 15.2. The molecule has 1 saturated carbocycles. The molecule has 1 heterocycles. The maximum atomic E-state index is 4.21. The normalized spacial score (nSPS) is 24.9. The molecule has 2 rings (SSSR count). The number of nitrogens with one attached hydrogen (secondary N) is 1. The van der Waals surface area contributed by atoms with E-state index in [4.69, 9.17) is 0 Å². The quantitative estimate of drug-likeness (QED) is 0.663. The Bertz CT molecular complexity index is 269. The summed E-state index contributed by atoms with van der Waals surface area (Å²) in [6, 6.07) is 1.56. The van der Waals surface area contributed by atoms with Crippen LogP contribution in [0, 0.1) is 0 Å². The Balaban J connectivity index is 1.66. The molecular formula is C15H29N3. The van der Waals surface area contributed by atoms with Crippen molar-refractivity contribution in [2.45, 2.75) is 45.2 Å². The lowest BCUT2D eigenvalue weighted by molar-refractivity contribution is 0.214. The van der Waals surface area contributed by atoms with Crippen LogP contribution in [0.15, 0.2) is 12.2 Å². The molecule has 0 bridgehead atoms. The average molecular weight is 251 g/mol. The molecule has 0 aromatic heterocycles. The number of likely N-dealkylation sites (tertiary alicyclic amines) is 1. The molecule has 0 aromatic rings. The average Bonchev–Trinajstić information content (AvgIpc) is 3.09. The molecule has 0 spiro atoms. The highest BCUT2D eigenvalue weighted by molar-refractivity contribution is 5.03. The van der Waals surface area contributed by atoms with Crippen molar-refractivity contribution in [1.82, 2.24) is 15.1 Å². The molecule has 1 unspecified atom stereocenters. The number of hydrogen-bond donors (Lipinski definition) is 1. The van der Waals surface area contributed by atoms with E-state index in [1.165, 1.54) is 51.0 Å². The summed E-state index contributed by atoms with van der Waals surface area (Å²) in [6.07, 6.45) is 4.05. The Morgan fingerprint density at radius 2 is 2.00 bits per heavy atom. The second-order valence-corrected chi connectivity index (χ2v) is 5.80. The molecule has 3 nitrogen and oxygen atoms in total. The van der Waals surface area contributed by atoms with E-state index >= 15 is 0 Å². The highest BCUT2D eigenvalue weighted by Crippen LogP contribution is 2.19. The van der Waals surface area contributed by atoms with Gasteiger partial charge in [0, 0.05) is 38.3 Å². The summed E-state index contributed by atoms with van der Waals surface area (Å²) in [4.78, 5) is 5.16. The van der Waals surface area contributed by atoms with Gasteiger partial charge in [-0.25, -0.2) is 0 Å². The van der Waals surface area contributed by atoms with E-state index in [-0.39, 0.29) is 0 Å². The highest BCUT2D eigenvalue weighted by Gasteiger charge is 2.26. The predicted octanol–water partition coefficient (Wildman–Crippen LogP) is 1.71. The van der Waals surface area contributed by atoms with Crippen LogP contribution in [0.5, 0.6) is 0 Å². The van der Waals surface area contributed by atoms with Gasteiger partial charge in [0.05, 0.1) is 0 Å². The lowest BCUT2D eigenvalue weighted by atomic mass is 10.2. The Hall–Kier alpha value is -0.380. The van der Waals surface area contributed by atoms with Gasteiger partial charge in [0.1, 0.15) is 0 Å². The topological polar surface area (TPSA) is 18.5 Å². The Kier molecular flexibility index (Phi) is 5.22. The largest absolute Gasteiger partial charge is 0.310 e. The first kappa shape index (κ1) is 14.0. The van der Waals surface area contributed by atoms with Crippen LogP contribution in [0.2, 0.25) is 0 Å². The van der Waals surface area contributed by atoms with Crippen molar-refractivity contribution in [2.24, 2.45) is 0 Å². The molecular weight excluding hydrogens is 222 g/mol. The Morgan fingerprint density at radius 3 is 2.61 bits per heavy atom. The summed E-state index contributed by atoms with van der Waals surface area (Å²) in [5, 5.41) is 3.55. The van der Waals surface area contributed by atoms with Gasteiger partial charge in [0.15, 0.2) is 0 Å². The van der Waals surface area contributed by atoms with Crippen molar-refractivity contribution in [3.8, 4) is 0 Å². The zero-order chi connectivity index (χ0) is 13.0. The number of hydrogen-bond acceptors (Lipinski definition) is 3. The first-order valence-corrected chi connectivity index (χ1v) is 7.59. The third-order valence-electron chi connectivity index (χ3n) is 4.24. The third kappa shape index (κ3) is 4.08. The van der Waals surface area contributed by atoms with Crippen molar-refractivity contribution < 1.29 is 0 Å². The second-order valence-electron chi connectivity index (χ2n) is 5.80. The van der Waals surface area contributed by atoms with Crippen molar-refractivity contribution in [2.75, 3.05) is 39.3 Å². The summed E-state index contributed by atoms with van der Waals surface area (Å²) < 4.78 is 0. The molecule has 1 N–H and O–H groups in total. The summed E-state index contributed by atoms with van der Waals surface area (Å²) >= 11 is 0. The maximum Gasteiger partial charge on any atom is 0.0235 e. The van der Waals surface area contributed by atoms with Crippen LogP contribution >= 0.6 is 0 Å². The number of likely N-dealkylation sites (N-methyl/N-ethyl adjacent to an activating group) is 1. The van der Waals surface area contributed by atoms with Crippen LogP contribution in [0.4, 0.5) is 0 Å². The molecule has 1 saturated heterocycles. The van der Waals surface area contributed by atoms with Crippen LogP contribution < -0.4 is 5.32 Å². The van der Waals surface area contributed by atoms with Crippen LogP contribution in [0.25, 0.3) is 0 Å². The minimum absolute atomic E-state index is 0.768. The molecule has 3 heteroatoms. The van der Waals surface area contributed by atoms with E-state index in [1.807, 2.05) is 0 Å². The Labute approximate surface area is 112 Å². The van der Waals surface area contributed by atoms with Crippen LogP contribution in [-0.2, 0) is 0 Å². The predicted molar refractivity (Wildman–Crippen MR) is 77.9 cm³/mol. The zero-order valence-electron chi connectivity index (χ0n) is 12.1. The lowest BCUT2D eigenvalue weighted by Gasteiger charge is -2.26. The maximum absolute atomic E-state index is 4.21. The van der Waals surface area contributed by atoms with Gasteiger partial charge in [-0.15, -0.1) is 0 Å². The van der Waals surface area contributed by atoms with E-state index in [1.54, 1.807) is 0 Å². The van der Waals surface area contributed by atoms with Crippen LogP contribution in [-0.4, -0.2) is 61.2 Å². The molecule has 0 radical (unpaired) electrons. The fourth-order valence-corrected chi connectivity index (χ4v) is 2.94. The van der Waals surface area contributed by atoms with Crippen molar-refractivity contribution in [3.05, 3.63) is 12.2 Å². The fraction of sp³-hybridized carbons (Fsp3) is 0.867. The van der Waals surface area contributed by atoms with Gasteiger partial charge < -0.3 is 5.32 Å². The molecule has 2 aliphatic rings. The summed E-state index contributed by atoms with van der Waals surface area (Å²) in [5.41, 5.74) is 1.35. The first-order valence-electron chi connectivity index (χ1n) is 7.59. The second kappa shape index (κ2) is 6.69. The summed E-state index contributed by atoms with van der Waals surface area (Å²) in [7, 11) is 0. The molecule has 1 aliphatic heterocycles. The third-order valence-corrected chi connectivity index (χ3v) is 4.24. The number of nitrogens with zero attached hydrogens (tertiary/aromatic N) is 2. The van der Waals surface area contributed by atoms with Gasteiger partial charge in [-0.1, -0.05) is 20.4 Å². The Morgan fingerprint density at radius 1 is 1.28 bits per heavy atom. The molecule has 0 aromatic carbocycles. The van der Waals surface area contributed by atoms with Gasteiger partial charge in [-0.3, -0.25) is 9.80 Å². The fourth-order valence-electron chi connectivity index (χ4n) is 2.94. The van der Waals surface area contributed by atoms with Crippen molar-refractivity contribution in [1.29, 1.82) is 0 Å². The SMILES string of the molecule is C=C(CNC1CC1)CN1CCC(N(CC)CC)C1. The van der Waals surface area contributed by atoms with Crippen molar-refractivity contribution in [3.63, 3.8) is 0 Å². The van der Waals surface area contributed by atoms with Gasteiger partial charge >= 0.3 is 0 Å². The van der Waals surface area contributed by atoms with Gasteiger partial charge in [0.2, 0.25) is 0 Å². The van der Waals surface area contributed by atoms with Gasteiger partial charge in [-0.05, 0) is 37.9 Å².